The molecule has 0 heterocycles. The van der Waals surface area contributed by atoms with E-state index in [0.29, 0.717) is 5.57 Å². The van der Waals surface area contributed by atoms with Gasteiger partial charge in [0.2, 0.25) is 0 Å². The van der Waals surface area contributed by atoms with Gasteiger partial charge in [0.15, 0.2) is 0 Å². The van der Waals surface area contributed by atoms with Crippen LogP contribution in [0.5, 0.6) is 0 Å². The van der Waals surface area contributed by atoms with Crippen molar-refractivity contribution in [1.82, 2.24) is 0 Å². The molecule has 2 nitrogen and oxygen atoms in total. The van der Waals surface area contributed by atoms with E-state index in [0.717, 1.165) is 22.3 Å². The first-order valence-corrected chi connectivity index (χ1v) is 8.11. The first-order valence-electron chi connectivity index (χ1n) is 7.32. The molecule has 2 unspecified atom stereocenters. The summed E-state index contributed by atoms with van der Waals surface area (Å²) in [7, 11) is 17.6. The lowest BCUT2D eigenvalue weighted by molar-refractivity contribution is 0.0481. The highest BCUT2D eigenvalue weighted by Crippen LogP contribution is 2.40. The van der Waals surface area contributed by atoms with E-state index in [1.165, 1.54) is 0 Å². The molecular formula is C18H12B3BrO2. The lowest BCUT2D eigenvalue weighted by Gasteiger charge is -2.38. The van der Waals surface area contributed by atoms with Crippen LogP contribution in [0.25, 0.3) is 17.7 Å². The first kappa shape index (κ1) is 17.3. The van der Waals surface area contributed by atoms with Crippen molar-refractivity contribution in [3.63, 3.8) is 0 Å². The van der Waals surface area contributed by atoms with Crippen molar-refractivity contribution < 1.29 is 10.2 Å². The van der Waals surface area contributed by atoms with Crippen molar-refractivity contribution in [2.45, 2.75) is 9.91 Å². The molecule has 0 aromatic heterocycles. The van der Waals surface area contributed by atoms with Gasteiger partial charge < -0.3 is 10.2 Å². The lowest BCUT2D eigenvalue weighted by atomic mass is 9.57. The SMILES string of the molecule is [B]C(=C1c2ccccc2C=Cc2ccccc21)C([B])(O)C([B])(O)Br. The fourth-order valence-electron chi connectivity index (χ4n) is 2.73. The molecule has 0 spiro atoms. The fraction of sp³-hybridized carbons (Fsp3) is 0.111. The van der Waals surface area contributed by atoms with Crippen LogP contribution < -0.4 is 0 Å². The van der Waals surface area contributed by atoms with Gasteiger partial charge in [-0.25, -0.2) is 0 Å². The molecule has 0 bridgehead atoms. The van der Waals surface area contributed by atoms with Crippen LogP contribution in [0, 0.1) is 0 Å². The standard InChI is InChI=1S/C18H12B3BrO2/c19-16(17(20,23)18(21,22)24)15-13-7-3-1-5-11(13)9-10-12-6-2-4-8-14(12)15/h1-10,23-24H. The number of alkyl halides is 1. The molecule has 2 N–H and O–H groups in total. The Morgan fingerprint density at radius 2 is 1.25 bits per heavy atom. The second kappa shape index (κ2) is 6.10. The maximum absolute atomic E-state index is 10.6. The quantitative estimate of drug-likeness (QED) is 0.535. The Bertz CT molecular complexity index is 800. The highest BCUT2D eigenvalue weighted by Gasteiger charge is 2.40. The second-order valence-corrected chi connectivity index (χ2v) is 6.95. The molecule has 2 aromatic rings. The van der Waals surface area contributed by atoms with E-state index in [2.05, 4.69) is 15.9 Å². The average molecular weight is 373 g/mol. The van der Waals surface area contributed by atoms with Gasteiger partial charge in [-0.1, -0.05) is 82.1 Å². The number of hydrogen-bond acceptors (Lipinski definition) is 2. The van der Waals surface area contributed by atoms with Crippen molar-refractivity contribution >= 4 is 57.2 Å². The molecule has 0 saturated carbocycles. The van der Waals surface area contributed by atoms with Crippen molar-refractivity contribution in [2.24, 2.45) is 0 Å². The summed E-state index contributed by atoms with van der Waals surface area (Å²) in [6.45, 7) is 0. The summed E-state index contributed by atoms with van der Waals surface area (Å²) in [6.07, 6.45) is 3.93. The van der Waals surface area contributed by atoms with Gasteiger partial charge >= 0.3 is 0 Å². The molecule has 0 saturated heterocycles. The van der Waals surface area contributed by atoms with Crippen LogP contribution in [0.3, 0.4) is 0 Å². The Morgan fingerprint density at radius 3 is 1.67 bits per heavy atom. The summed E-state index contributed by atoms with van der Waals surface area (Å²) in [5.41, 5.74) is 1.42. The van der Waals surface area contributed by atoms with E-state index in [1.807, 2.05) is 60.7 Å². The Balaban J connectivity index is 2.39. The fourth-order valence-corrected chi connectivity index (χ4v) is 2.95. The zero-order valence-electron chi connectivity index (χ0n) is 12.8. The van der Waals surface area contributed by atoms with Gasteiger partial charge in [-0.2, -0.15) is 0 Å². The highest BCUT2D eigenvalue weighted by atomic mass is 79.9. The van der Waals surface area contributed by atoms with Gasteiger partial charge in [-0.05, 0) is 27.8 Å². The smallest absolute Gasteiger partial charge is 0.132 e. The zero-order valence-corrected chi connectivity index (χ0v) is 14.4. The van der Waals surface area contributed by atoms with Gasteiger partial charge in [-0.3, -0.25) is 0 Å². The third-order valence-corrected chi connectivity index (χ3v) is 4.72. The molecular weight excluding hydrogens is 361 g/mol. The van der Waals surface area contributed by atoms with Gasteiger partial charge in [0.25, 0.3) is 0 Å². The Morgan fingerprint density at radius 1 is 0.833 bits per heavy atom. The zero-order chi connectivity index (χ0) is 17.5. The van der Waals surface area contributed by atoms with Crippen molar-refractivity contribution in [3.05, 3.63) is 76.3 Å². The normalized spacial score (nSPS) is 17.9. The molecule has 1 aliphatic carbocycles. The van der Waals surface area contributed by atoms with Crippen LogP contribution >= 0.6 is 15.9 Å². The minimum atomic E-state index is -2.38. The highest BCUT2D eigenvalue weighted by molar-refractivity contribution is 9.10. The Kier molecular flexibility index (Phi) is 4.41. The van der Waals surface area contributed by atoms with Gasteiger partial charge in [0.05, 0.1) is 9.91 Å². The molecule has 2 aromatic carbocycles. The third kappa shape index (κ3) is 2.83. The van der Waals surface area contributed by atoms with E-state index in [1.54, 1.807) is 0 Å². The Hall–Kier alpha value is -1.49. The predicted octanol–water partition coefficient (Wildman–Crippen LogP) is 2.16. The lowest BCUT2D eigenvalue weighted by Crippen LogP contribution is -2.53. The van der Waals surface area contributed by atoms with E-state index in [4.69, 9.17) is 23.5 Å². The van der Waals surface area contributed by atoms with E-state index in [-0.39, 0.29) is 5.47 Å². The first-order chi connectivity index (χ1) is 11.2. The minimum absolute atomic E-state index is 0.132. The molecule has 6 radical (unpaired) electrons. The molecule has 3 rings (SSSR count). The summed E-state index contributed by atoms with van der Waals surface area (Å²) in [4.78, 5) is 0. The minimum Gasteiger partial charge on any atom is -0.393 e. The molecule has 2 atom stereocenters. The molecule has 1 aliphatic rings. The molecule has 0 amide bonds. The summed E-state index contributed by atoms with van der Waals surface area (Å²) in [5, 5.41) is 20.6. The van der Waals surface area contributed by atoms with Crippen molar-refractivity contribution in [2.75, 3.05) is 0 Å². The molecule has 0 aliphatic heterocycles. The largest absolute Gasteiger partial charge is 0.393 e. The topological polar surface area (TPSA) is 40.5 Å². The van der Waals surface area contributed by atoms with E-state index in [9.17, 15) is 10.2 Å². The van der Waals surface area contributed by atoms with Gasteiger partial charge in [0.1, 0.15) is 23.5 Å². The number of rotatable bonds is 2. The van der Waals surface area contributed by atoms with Gasteiger partial charge in [-0.15, -0.1) is 0 Å². The molecule has 6 heteroatoms. The average Bonchev–Trinajstić information content (AvgIpc) is 2.70. The maximum Gasteiger partial charge on any atom is 0.132 e. The Labute approximate surface area is 153 Å². The van der Waals surface area contributed by atoms with Crippen LogP contribution in [-0.2, 0) is 0 Å². The monoisotopic (exact) mass is 372 g/mol. The van der Waals surface area contributed by atoms with E-state index >= 15 is 0 Å². The molecule has 24 heavy (non-hydrogen) atoms. The van der Waals surface area contributed by atoms with Gasteiger partial charge in [0, 0.05) is 0 Å². The summed E-state index contributed by atoms with van der Waals surface area (Å²) in [6, 6.07) is 15.2. The van der Waals surface area contributed by atoms with Crippen LogP contribution in [0.15, 0.2) is 54.0 Å². The number of benzene rings is 2. The number of hydrogen-bond donors (Lipinski definition) is 2. The molecule has 0 fully saturated rings. The summed E-state index contributed by atoms with van der Waals surface area (Å²) >= 11 is 2.80. The second-order valence-electron chi connectivity index (χ2n) is 5.74. The maximum atomic E-state index is 10.6. The number of halogens is 1. The third-order valence-electron chi connectivity index (χ3n) is 4.12. The van der Waals surface area contributed by atoms with Crippen LogP contribution in [-0.4, -0.2) is 43.7 Å². The number of aliphatic hydroxyl groups is 2. The van der Waals surface area contributed by atoms with Crippen LogP contribution in [0.2, 0.25) is 0 Å². The summed E-state index contributed by atoms with van der Waals surface area (Å²) < 4.78 is -2.29. The van der Waals surface area contributed by atoms with E-state index < -0.39 is 9.91 Å². The van der Waals surface area contributed by atoms with Crippen LogP contribution in [0.1, 0.15) is 22.3 Å². The molecule has 112 valence electrons. The van der Waals surface area contributed by atoms with Crippen molar-refractivity contribution in [3.8, 4) is 0 Å². The predicted molar refractivity (Wildman–Crippen MR) is 104 cm³/mol. The van der Waals surface area contributed by atoms with Crippen molar-refractivity contribution in [1.29, 1.82) is 0 Å². The van der Waals surface area contributed by atoms with Crippen LogP contribution in [0.4, 0.5) is 0 Å². The summed E-state index contributed by atoms with van der Waals surface area (Å²) in [5.74, 6) is 0. The number of fused-ring (bicyclic) bond motifs is 2.